The van der Waals surface area contributed by atoms with E-state index in [2.05, 4.69) is 51.6 Å². The summed E-state index contributed by atoms with van der Waals surface area (Å²) in [5.41, 5.74) is 4.24. The van der Waals surface area contributed by atoms with E-state index in [1.165, 1.54) is 61.6 Å². The van der Waals surface area contributed by atoms with Gasteiger partial charge in [0, 0.05) is 0 Å². The first-order valence-electron chi connectivity index (χ1n) is 8.87. The summed E-state index contributed by atoms with van der Waals surface area (Å²) in [5.74, 6) is 0.881. The van der Waals surface area contributed by atoms with Crippen molar-refractivity contribution >= 4 is 0 Å². The molecule has 21 heavy (non-hydrogen) atoms. The highest BCUT2D eigenvalue weighted by Gasteiger charge is 2.09. The predicted molar refractivity (Wildman–Crippen MR) is 95.8 cm³/mol. The minimum Gasteiger partial charge on any atom is -0.100 e. The number of hydrogen-bond acceptors (Lipinski definition) is 0. The largest absolute Gasteiger partial charge is 0.100 e. The summed E-state index contributed by atoms with van der Waals surface area (Å²) in [4.78, 5) is 0. The number of unbranched alkanes of at least 4 members (excludes halogenated alkanes) is 2. The monoisotopic (exact) mass is 286 g/mol. The van der Waals surface area contributed by atoms with Crippen molar-refractivity contribution in [2.75, 3.05) is 0 Å². The Labute approximate surface area is 132 Å². The van der Waals surface area contributed by atoms with E-state index < -0.39 is 0 Å². The highest BCUT2D eigenvalue weighted by Crippen LogP contribution is 2.21. The topological polar surface area (TPSA) is 0 Å². The van der Waals surface area contributed by atoms with E-state index in [4.69, 9.17) is 0 Å². The lowest BCUT2D eigenvalue weighted by Gasteiger charge is -2.16. The zero-order valence-corrected chi connectivity index (χ0v) is 14.5. The van der Waals surface area contributed by atoms with E-state index in [1.54, 1.807) is 0 Å². The lowest BCUT2D eigenvalue weighted by atomic mass is 9.89. The summed E-state index contributed by atoms with van der Waals surface area (Å²) in [5, 5.41) is 0. The molecular formula is C21H34. The van der Waals surface area contributed by atoms with Crippen molar-refractivity contribution in [1.82, 2.24) is 0 Å². The quantitative estimate of drug-likeness (QED) is 0.395. The van der Waals surface area contributed by atoms with Crippen LogP contribution >= 0.6 is 0 Å². The van der Waals surface area contributed by atoms with E-state index in [0.29, 0.717) is 0 Å². The van der Waals surface area contributed by atoms with Gasteiger partial charge in [-0.2, -0.15) is 0 Å². The molecule has 0 nitrogen and oxygen atoms in total. The molecule has 1 aromatic rings. The Morgan fingerprint density at radius 1 is 0.952 bits per heavy atom. The molecule has 0 heteroatoms. The minimum atomic E-state index is 0.881. The molecule has 0 spiro atoms. The summed E-state index contributed by atoms with van der Waals surface area (Å²) in [6, 6.07) is 9.32. The van der Waals surface area contributed by atoms with Gasteiger partial charge in [0.1, 0.15) is 0 Å². The molecular weight excluding hydrogens is 252 g/mol. The fourth-order valence-electron chi connectivity index (χ4n) is 2.87. The number of allylic oxidation sites excluding steroid dienone is 1. The van der Waals surface area contributed by atoms with Gasteiger partial charge in [-0.15, -0.1) is 6.58 Å². The van der Waals surface area contributed by atoms with Gasteiger partial charge in [-0.25, -0.2) is 0 Å². The molecule has 0 aliphatic carbocycles. The van der Waals surface area contributed by atoms with Crippen LogP contribution < -0.4 is 0 Å². The van der Waals surface area contributed by atoms with Gasteiger partial charge in [0.25, 0.3) is 0 Å². The normalized spacial score (nSPS) is 11.0. The van der Waals surface area contributed by atoms with Gasteiger partial charge in [-0.1, -0.05) is 82.2 Å². The summed E-state index contributed by atoms with van der Waals surface area (Å²) in [7, 11) is 0. The lowest BCUT2D eigenvalue weighted by Crippen LogP contribution is -2.05. The predicted octanol–water partition coefficient (Wildman–Crippen LogP) is 6.73. The average Bonchev–Trinajstić information content (AvgIpc) is 2.49. The first kappa shape index (κ1) is 18.0. The van der Waals surface area contributed by atoms with E-state index in [9.17, 15) is 0 Å². The van der Waals surface area contributed by atoms with Crippen molar-refractivity contribution < 1.29 is 0 Å². The minimum absolute atomic E-state index is 0.881. The van der Waals surface area contributed by atoms with Gasteiger partial charge in [0.2, 0.25) is 0 Å². The zero-order valence-electron chi connectivity index (χ0n) is 14.5. The van der Waals surface area contributed by atoms with Crippen molar-refractivity contribution in [2.45, 2.75) is 78.6 Å². The highest BCUT2D eigenvalue weighted by molar-refractivity contribution is 5.23. The Hall–Kier alpha value is -1.04. The molecule has 0 aliphatic heterocycles. The van der Waals surface area contributed by atoms with E-state index in [-0.39, 0.29) is 0 Å². The van der Waals surface area contributed by atoms with Gasteiger partial charge >= 0.3 is 0 Å². The van der Waals surface area contributed by atoms with Gasteiger partial charge in [-0.3, -0.25) is 0 Å². The Balaban J connectivity index is 2.51. The summed E-state index contributed by atoms with van der Waals surface area (Å²) in [6.45, 7) is 10.7. The van der Waals surface area contributed by atoms with Crippen molar-refractivity contribution in [1.29, 1.82) is 0 Å². The van der Waals surface area contributed by atoms with Crippen LogP contribution in [0.15, 0.2) is 36.4 Å². The Morgan fingerprint density at radius 2 is 1.48 bits per heavy atom. The third kappa shape index (κ3) is 8.09. The molecule has 0 atom stereocenters. The van der Waals surface area contributed by atoms with Crippen LogP contribution in [0.5, 0.6) is 0 Å². The maximum absolute atomic E-state index is 3.98. The fraction of sp³-hybridized carbons (Fsp3) is 0.619. The Morgan fingerprint density at radius 3 is 1.95 bits per heavy atom. The molecule has 1 rings (SSSR count). The van der Waals surface area contributed by atoms with Gasteiger partial charge < -0.3 is 0 Å². The van der Waals surface area contributed by atoms with Crippen molar-refractivity contribution in [3.63, 3.8) is 0 Å². The molecule has 0 unspecified atom stereocenters. The molecule has 0 saturated carbocycles. The van der Waals surface area contributed by atoms with Crippen molar-refractivity contribution in [3.05, 3.63) is 47.5 Å². The average molecular weight is 287 g/mol. The highest BCUT2D eigenvalue weighted by atomic mass is 14.1. The molecule has 0 fully saturated rings. The van der Waals surface area contributed by atoms with Gasteiger partial charge in [0.15, 0.2) is 0 Å². The van der Waals surface area contributed by atoms with Crippen molar-refractivity contribution in [2.24, 2.45) is 5.92 Å². The smallest absolute Gasteiger partial charge is 0.0242 e. The van der Waals surface area contributed by atoms with Crippen LogP contribution in [0.3, 0.4) is 0 Å². The molecule has 0 N–H and O–H groups in total. The summed E-state index contributed by atoms with van der Waals surface area (Å²) in [6.07, 6.45) is 11.7. The van der Waals surface area contributed by atoms with Gasteiger partial charge in [0.05, 0.1) is 0 Å². The number of hydrogen-bond donors (Lipinski definition) is 0. The number of benzene rings is 1. The lowest BCUT2D eigenvalue weighted by molar-refractivity contribution is 0.417. The third-order valence-electron chi connectivity index (χ3n) is 4.32. The molecule has 0 saturated heterocycles. The second kappa shape index (κ2) is 10.7. The molecule has 0 bridgehead atoms. The Kier molecular flexibility index (Phi) is 9.14. The molecule has 0 aromatic heterocycles. The van der Waals surface area contributed by atoms with E-state index in [1.807, 2.05) is 0 Å². The first-order chi connectivity index (χ1) is 10.2. The maximum atomic E-state index is 3.98. The van der Waals surface area contributed by atoms with Crippen LogP contribution in [0.4, 0.5) is 0 Å². The summed E-state index contributed by atoms with van der Waals surface area (Å²) >= 11 is 0. The van der Waals surface area contributed by atoms with Gasteiger partial charge in [-0.05, 0) is 43.2 Å². The molecule has 118 valence electrons. The first-order valence-corrected chi connectivity index (χ1v) is 8.87. The molecule has 0 heterocycles. The zero-order chi connectivity index (χ0) is 15.5. The van der Waals surface area contributed by atoms with Crippen LogP contribution in [-0.2, 0) is 12.8 Å². The van der Waals surface area contributed by atoms with Crippen molar-refractivity contribution in [3.8, 4) is 0 Å². The molecule has 0 radical (unpaired) electrons. The van der Waals surface area contributed by atoms with Crippen LogP contribution in [-0.4, -0.2) is 0 Å². The summed E-state index contributed by atoms with van der Waals surface area (Å²) < 4.78 is 0. The van der Waals surface area contributed by atoms with Crippen LogP contribution in [0.1, 0.15) is 76.8 Å². The van der Waals surface area contributed by atoms with Crippen LogP contribution in [0.25, 0.3) is 0 Å². The second-order valence-corrected chi connectivity index (χ2v) is 6.63. The van der Waals surface area contributed by atoms with Crippen LogP contribution in [0, 0.1) is 5.92 Å². The van der Waals surface area contributed by atoms with E-state index in [0.717, 1.165) is 18.8 Å². The standard InChI is InChI=1S/C21H34/c1-5-7-9-20(10-8-6-2)17-21-15-13-19(14-16-21)12-11-18(3)4/h13-16,20H,3,5-12,17H2,1-2,4H3. The number of aryl methyl sites for hydroxylation is 1. The fourth-order valence-corrected chi connectivity index (χ4v) is 2.87. The Bertz CT molecular complexity index is 377. The van der Waals surface area contributed by atoms with E-state index >= 15 is 0 Å². The molecule has 1 aromatic carbocycles. The maximum Gasteiger partial charge on any atom is -0.0242 e. The number of rotatable bonds is 11. The van der Waals surface area contributed by atoms with Crippen LogP contribution in [0.2, 0.25) is 0 Å². The second-order valence-electron chi connectivity index (χ2n) is 6.63. The molecule has 0 amide bonds. The molecule has 0 aliphatic rings. The SMILES string of the molecule is C=C(C)CCc1ccc(CC(CCCC)CCCC)cc1. The third-order valence-corrected chi connectivity index (χ3v) is 4.32.